The zero-order valence-corrected chi connectivity index (χ0v) is 17.2. The molecule has 1 amide bonds. The molecule has 2 aromatic carbocycles. The minimum absolute atomic E-state index is 0.206. The van der Waals surface area contributed by atoms with Gasteiger partial charge in [0.1, 0.15) is 5.75 Å². The van der Waals surface area contributed by atoms with E-state index in [0.717, 1.165) is 30.2 Å². The van der Waals surface area contributed by atoms with Gasteiger partial charge in [-0.1, -0.05) is 24.3 Å². The molecule has 2 heterocycles. The Labute approximate surface area is 176 Å². The SMILES string of the molecule is CCOc1ccccc1C(=O)Nc1cccc(-c2ccc(N3CCCCC3)nn2)c1. The highest BCUT2D eigenvalue weighted by Crippen LogP contribution is 2.24. The first kappa shape index (κ1) is 19.9. The Hall–Kier alpha value is -3.41. The number of aromatic nitrogens is 2. The Bertz CT molecular complexity index is 998. The van der Waals surface area contributed by atoms with Crippen molar-refractivity contribution in [2.45, 2.75) is 26.2 Å². The van der Waals surface area contributed by atoms with Gasteiger partial charge in [0.2, 0.25) is 0 Å². The number of piperidine rings is 1. The van der Waals surface area contributed by atoms with E-state index >= 15 is 0 Å². The molecule has 0 unspecified atom stereocenters. The normalized spacial score (nSPS) is 13.7. The number of para-hydroxylation sites is 1. The maximum absolute atomic E-state index is 12.8. The van der Waals surface area contributed by atoms with Gasteiger partial charge in [0.15, 0.2) is 5.82 Å². The van der Waals surface area contributed by atoms with Crippen molar-refractivity contribution < 1.29 is 9.53 Å². The number of benzene rings is 2. The van der Waals surface area contributed by atoms with E-state index in [-0.39, 0.29) is 5.91 Å². The van der Waals surface area contributed by atoms with Crippen molar-refractivity contribution in [3.63, 3.8) is 0 Å². The average molecular weight is 402 g/mol. The third kappa shape index (κ3) is 4.59. The molecule has 30 heavy (non-hydrogen) atoms. The number of hydrogen-bond acceptors (Lipinski definition) is 5. The molecule has 6 heteroatoms. The molecular formula is C24H26N4O2. The van der Waals surface area contributed by atoms with E-state index in [1.807, 2.05) is 55.5 Å². The van der Waals surface area contributed by atoms with Gasteiger partial charge in [0.05, 0.1) is 17.9 Å². The maximum atomic E-state index is 12.8. The molecule has 6 nitrogen and oxygen atoms in total. The number of rotatable bonds is 6. The van der Waals surface area contributed by atoms with E-state index in [0.29, 0.717) is 23.6 Å². The summed E-state index contributed by atoms with van der Waals surface area (Å²) in [7, 11) is 0. The monoisotopic (exact) mass is 402 g/mol. The van der Waals surface area contributed by atoms with E-state index in [2.05, 4.69) is 20.4 Å². The first-order valence-corrected chi connectivity index (χ1v) is 10.5. The van der Waals surface area contributed by atoms with Crippen LogP contribution >= 0.6 is 0 Å². The molecule has 1 N–H and O–H groups in total. The van der Waals surface area contributed by atoms with Crippen LogP contribution in [0.1, 0.15) is 36.5 Å². The van der Waals surface area contributed by atoms with E-state index in [1.54, 1.807) is 12.1 Å². The van der Waals surface area contributed by atoms with Gasteiger partial charge in [0.25, 0.3) is 5.91 Å². The minimum atomic E-state index is -0.206. The van der Waals surface area contributed by atoms with Crippen molar-refractivity contribution in [2.75, 3.05) is 29.9 Å². The second-order valence-corrected chi connectivity index (χ2v) is 7.29. The van der Waals surface area contributed by atoms with Crippen molar-refractivity contribution in [1.82, 2.24) is 10.2 Å². The Kier molecular flexibility index (Phi) is 6.23. The molecule has 1 aliphatic rings. The quantitative estimate of drug-likeness (QED) is 0.642. The van der Waals surface area contributed by atoms with Gasteiger partial charge < -0.3 is 15.0 Å². The van der Waals surface area contributed by atoms with E-state index in [9.17, 15) is 4.79 Å². The van der Waals surface area contributed by atoms with Crippen LogP contribution in [-0.2, 0) is 0 Å². The zero-order chi connectivity index (χ0) is 20.8. The average Bonchev–Trinajstić information content (AvgIpc) is 2.80. The second kappa shape index (κ2) is 9.39. The fraction of sp³-hybridized carbons (Fsp3) is 0.292. The number of amides is 1. The van der Waals surface area contributed by atoms with Crippen molar-refractivity contribution in [1.29, 1.82) is 0 Å². The number of nitrogens with zero attached hydrogens (tertiary/aromatic N) is 3. The van der Waals surface area contributed by atoms with Crippen LogP contribution in [0.15, 0.2) is 60.7 Å². The first-order chi connectivity index (χ1) is 14.7. The lowest BCUT2D eigenvalue weighted by molar-refractivity contribution is 0.102. The van der Waals surface area contributed by atoms with Crippen LogP contribution in [0.3, 0.4) is 0 Å². The molecule has 0 aliphatic carbocycles. The summed E-state index contributed by atoms with van der Waals surface area (Å²) < 4.78 is 5.57. The number of carbonyl (C=O) groups is 1. The Balaban J connectivity index is 1.49. The fourth-order valence-electron chi connectivity index (χ4n) is 3.66. The van der Waals surface area contributed by atoms with Crippen molar-refractivity contribution in [3.05, 3.63) is 66.2 Å². The molecule has 0 bridgehead atoms. The highest BCUT2D eigenvalue weighted by atomic mass is 16.5. The van der Waals surface area contributed by atoms with Crippen LogP contribution < -0.4 is 15.0 Å². The molecule has 0 saturated carbocycles. The minimum Gasteiger partial charge on any atom is -0.493 e. The zero-order valence-electron chi connectivity index (χ0n) is 17.2. The van der Waals surface area contributed by atoms with Gasteiger partial charge in [-0.2, -0.15) is 0 Å². The summed E-state index contributed by atoms with van der Waals surface area (Å²) in [6.45, 7) is 4.49. The molecule has 4 rings (SSSR count). The third-order valence-electron chi connectivity index (χ3n) is 5.18. The lowest BCUT2D eigenvalue weighted by Gasteiger charge is -2.27. The predicted octanol–water partition coefficient (Wildman–Crippen LogP) is 4.78. The number of anilines is 2. The fourth-order valence-corrected chi connectivity index (χ4v) is 3.66. The van der Waals surface area contributed by atoms with E-state index in [4.69, 9.17) is 4.74 Å². The topological polar surface area (TPSA) is 67.3 Å². The smallest absolute Gasteiger partial charge is 0.259 e. The maximum Gasteiger partial charge on any atom is 0.259 e. The molecular weight excluding hydrogens is 376 g/mol. The number of hydrogen-bond donors (Lipinski definition) is 1. The summed E-state index contributed by atoms with van der Waals surface area (Å²) in [5, 5.41) is 11.8. The molecule has 0 radical (unpaired) electrons. The summed E-state index contributed by atoms with van der Waals surface area (Å²) in [6, 6.07) is 18.9. The van der Waals surface area contributed by atoms with Gasteiger partial charge in [-0.25, -0.2) is 0 Å². The summed E-state index contributed by atoms with van der Waals surface area (Å²) >= 11 is 0. The summed E-state index contributed by atoms with van der Waals surface area (Å²) in [4.78, 5) is 15.0. The lowest BCUT2D eigenvalue weighted by atomic mass is 10.1. The van der Waals surface area contributed by atoms with Crippen LogP contribution in [0.5, 0.6) is 5.75 Å². The lowest BCUT2D eigenvalue weighted by Crippen LogP contribution is -2.30. The van der Waals surface area contributed by atoms with E-state index in [1.165, 1.54) is 19.3 Å². The van der Waals surface area contributed by atoms with Crippen molar-refractivity contribution in [2.24, 2.45) is 0 Å². The van der Waals surface area contributed by atoms with Gasteiger partial charge in [0, 0.05) is 24.3 Å². The van der Waals surface area contributed by atoms with Crippen LogP contribution in [0.4, 0.5) is 11.5 Å². The van der Waals surface area contributed by atoms with Crippen LogP contribution in [0, 0.1) is 0 Å². The van der Waals surface area contributed by atoms with Gasteiger partial charge in [-0.3, -0.25) is 4.79 Å². The Morgan fingerprint density at radius 1 is 1.00 bits per heavy atom. The van der Waals surface area contributed by atoms with Crippen LogP contribution in [0.2, 0.25) is 0 Å². The largest absolute Gasteiger partial charge is 0.493 e. The Morgan fingerprint density at radius 3 is 2.60 bits per heavy atom. The molecule has 1 saturated heterocycles. The number of ether oxygens (including phenoxy) is 1. The highest BCUT2D eigenvalue weighted by molar-refractivity contribution is 6.06. The predicted molar refractivity (Wildman–Crippen MR) is 119 cm³/mol. The number of nitrogens with one attached hydrogen (secondary N) is 1. The van der Waals surface area contributed by atoms with Crippen molar-refractivity contribution >= 4 is 17.4 Å². The third-order valence-corrected chi connectivity index (χ3v) is 5.18. The molecule has 1 aromatic heterocycles. The molecule has 1 fully saturated rings. The molecule has 0 spiro atoms. The summed E-state index contributed by atoms with van der Waals surface area (Å²) in [6.07, 6.45) is 3.70. The molecule has 1 aliphatic heterocycles. The first-order valence-electron chi connectivity index (χ1n) is 10.5. The van der Waals surface area contributed by atoms with Crippen molar-refractivity contribution in [3.8, 4) is 17.0 Å². The summed E-state index contributed by atoms with van der Waals surface area (Å²) in [5.74, 6) is 1.30. The molecule has 154 valence electrons. The molecule has 3 aromatic rings. The van der Waals surface area contributed by atoms with Gasteiger partial charge in [-0.05, 0) is 62.6 Å². The Morgan fingerprint density at radius 2 is 1.83 bits per heavy atom. The molecule has 0 atom stereocenters. The standard InChI is InChI=1S/C24H26N4O2/c1-2-30-22-12-5-4-11-20(22)24(29)25-19-10-8-9-18(17-19)21-13-14-23(27-26-21)28-15-6-3-7-16-28/h4-5,8-14,17H,2-3,6-7,15-16H2,1H3,(H,25,29). The number of carbonyl (C=O) groups excluding carboxylic acids is 1. The van der Waals surface area contributed by atoms with E-state index < -0.39 is 0 Å². The highest BCUT2D eigenvalue weighted by Gasteiger charge is 2.14. The summed E-state index contributed by atoms with van der Waals surface area (Å²) in [5.41, 5.74) is 2.89. The van der Waals surface area contributed by atoms with Crippen LogP contribution in [-0.4, -0.2) is 35.8 Å². The van der Waals surface area contributed by atoms with Gasteiger partial charge in [-0.15, -0.1) is 10.2 Å². The van der Waals surface area contributed by atoms with Gasteiger partial charge >= 0.3 is 0 Å². The van der Waals surface area contributed by atoms with Crippen LogP contribution in [0.25, 0.3) is 11.3 Å². The second-order valence-electron chi connectivity index (χ2n) is 7.29.